The summed E-state index contributed by atoms with van der Waals surface area (Å²) >= 11 is -2.63. The topological polar surface area (TPSA) is 44.3 Å². The van der Waals surface area contributed by atoms with Gasteiger partial charge in [0.15, 0.2) is 0 Å². The van der Waals surface area contributed by atoms with Crippen LogP contribution in [0.5, 0.6) is 0 Å². The van der Waals surface area contributed by atoms with E-state index in [-0.39, 0.29) is 6.23 Å². The molecule has 5 nitrogen and oxygen atoms in total. The van der Waals surface area contributed by atoms with E-state index in [1.54, 1.807) is 4.68 Å². The summed E-state index contributed by atoms with van der Waals surface area (Å²) in [5.41, 5.74) is 0.596. The van der Waals surface area contributed by atoms with Gasteiger partial charge in [-0.2, -0.15) is 0 Å². The molecule has 9 heteroatoms. The Labute approximate surface area is 153 Å². The van der Waals surface area contributed by atoms with Crippen LogP contribution in [0.25, 0.3) is 16.6 Å². The third-order valence-electron chi connectivity index (χ3n) is 4.74. The third kappa shape index (κ3) is 3.00. The second kappa shape index (κ2) is 6.12. The van der Waals surface area contributed by atoms with Crippen LogP contribution in [0, 0.1) is 0 Å². The standard InChI is InChI=1S/C14H12F3N4O.3CH3.Sn/c15-14(16,17)9-4-5-11-10-7-18-21(12-3-1-2-6-22-12)13(10)19-20(11)8-9;;;;/h4-5,8,12H,1-3,6H2;3*1H3;. The number of halogens is 3. The number of ether oxygens (including phenoxy) is 1. The van der Waals surface area contributed by atoms with Crippen LogP contribution in [0.4, 0.5) is 13.2 Å². The number of rotatable bonds is 2. The van der Waals surface area contributed by atoms with E-state index < -0.39 is 30.1 Å². The Kier molecular flexibility index (Phi) is 4.26. The molecule has 1 aliphatic rings. The van der Waals surface area contributed by atoms with Crippen LogP contribution in [0.1, 0.15) is 31.1 Å². The van der Waals surface area contributed by atoms with Gasteiger partial charge >= 0.3 is 153 Å². The number of hydrogen-bond donors (Lipinski definition) is 0. The molecule has 1 fully saturated rings. The van der Waals surface area contributed by atoms with Crippen molar-refractivity contribution in [3.8, 4) is 0 Å². The van der Waals surface area contributed by atoms with Gasteiger partial charge in [0.25, 0.3) is 0 Å². The summed E-state index contributed by atoms with van der Waals surface area (Å²) in [4.78, 5) is 6.74. The Bertz CT molecular complexity index is 964. The minimum atomic E-state index is -4.39. The van der Waals surface area contributed by atoms with Crippen molar-refractivity contribution in [1.29, 1.82) is 0 Å². The van der Waals surface area contributed by atoms with Crippen molar-refractivity contribution in [2.24, 2.45) is 0 Å². The number of fused-ring (bicyclic) bond motifs is 3. The Morgan fingerprint density at radius 2 is 1.92 bits per heavy atom. The SMILES string of the molecule is [CH3][Sn]([CH3])([CH3])[c]1nn(C2CCCCO2)c2nn3cc(C(F)(F)F)ccc3c12. The Hall–Kier alpha value is -1.29. The van der Waals surface area contributed by atoms with Crippen LogP contribution in [-0.4, -0.2) is 44.4 Å². The van der Waals surface area contributed by atoms with Gasteiger partial charge in [-0.05, 0) is 0 Å². The second-order valence-corrected chi connectivity index (χ2v) is 22.0. The molecule has 4 rings (SSSR count). The van der Waals surface area contributed by atoms with E-state index in [9.17, 15) is 13.2 Å². The molecule has 0 amide bonds. The molecule has 4 heterocycles. The van der Waals surface area contributed by atoms with Gasteiger partial charge in [-0.1, -0.05) is 0 Å². The minimum absolute atomic E-state index is 0.194. The molecule has 26 heavy (non-hydrogen) atoms. The predicted molar refractivity (Wildman–Crippen MR) is 95.3 cm³/mol. The molecule has 0 saturated carbocycles. The number of alkyl halides is 3. The molecule has 0 radical (unpaired) electrons. The zero-order valence-corrected chi connectivity index (χ0v) is 17.8. The summed E-state index contributed by atoms with van der Waals surface area (Å²) in [5.74, 6) is 0. The summed E-state index contributed by atoms with van der Waals surface area (Å²) in [6, 6.07) is 2.62. The van der Waals surface area contributed by atoms with Gasteiger partial charge in [-0.25, -0.2) is 0 Å². The molecular formula is C17H21F3N4OSn. The molecular weight excluding hydrogens is 452 g/mol. The molecule has 3 aromatic rings. The molecule has 1 aliphatic heterocycles. The summed E-state index contributed by atoms with van der Waals surface area (Å²) < 4.78 is 49.2. The number of nitrogens with zero attached hydrogens (tertiary/aromatic N) is 4. The van der Waals surface area contributed by atoms with Gasteiger partial charge < -0.3 is 0 Å². The zero-order valence-electron chi connectivity index (χ0n) is 15.0. The molecule has 0 bridgehead atoms. The summed E-state index contributed by atoms with van der Waals surface area (Å²) in [7, 11) is 0. The Morgan fingerprint density at radius 1 is 1.15 bits per heavy atom. The van der Waals surface area contributed by atoms with Gasteiger partial charge in [0.05, 0.1) is 0 Å². The van der Waals surface area contributed by atoms with E-state index in [0.29, 0.717) is 17.8 Å². The first kappa shape index (κ1) is 18.1. The van der Waals surface area contributed by atoms with E-state index in [4.69, 9.17) is 9.84 Å². The van der Waals surface area contributed by atoms with Crippen LogP contribution in [0.2, 0.25) is 14.8 Å². The van der Waals surface area contributed by atoms with Crippen molar-refractivity contribution in [2.75, 3.05) is 6.61 Å². The average Bonchev–Trinajstić information content (AvgIpc) is 3.10. The monoisotopic (exact) mass is 474 g/mol. The summed E-state index contributed by atoms with van der Waals surface area (Å²) in [5, 5.41) is 10.2. The Morgan fingerprint density at radius 3 is 2.54 bits per heavy atom. The Balaban J connectivity index is 1.98. The maximum absolute atomic E-state index is 13.1. The van der Waals surface area contributed by atoms with E-state index in [1.807, 2.05) is 0 Å². The molecule has 0 spiro atoms. The van der Waals surface area contributed by atoms with Crippen molar-refractivity contribution >= 4 is 38.6 Å². The first-order valence-electron chi connectivity index (χ1n) is 8.76. The summed E-state index contributed by atoms with van der Waals surface area (Å²) in [6.07, 6.45) is -0.615. The van der Waals surface area contributed by atoms with E-state index in [1.165, 1.54) is 10.6 Å². The van der Waals surface area contributed by atoms with Crippen LogP contribution in [0.15, 0.2) is 18.3 Å². The van der Waals surface area contributed by atoms with Gasteiger partial charge in [0, 0.05) is 0 Å². The van der Waals surface area contributed by atoms with E-state index >= 15 is 0 Å². The van der Waals surface area contributed by atoms with E-state index in [2.05, 4.69) is 19.9 Å². The molecule has 1 saturated heterocycles. The van der Waals surface area contributed by atoms with Gasteiger partial charge in [0.2, 0.25) is 0 Å². The van der Waals surface area contributed by atoms with Crippen molar-refractivity contribution in [1.82, 2.24) is 19.4 Å². The first-order valence-corrected chi connectivity index (χ1v) is 18.7. The first-order chi connectivity index (χ1) is 12.2. The molecule has 0 aliphatic carbocycles. The average molecular weight is 473 g/mol. The van der Waals surface area contributed by atoms with Crippen LogP contribution < -0.4 is 3.71 Å². The van der Waals surface area contributed by atoms with Crippen LogP contribution >= 0.6 is 0 Å². The van der Waals surface area contributed by atoms with Crippen molar-refractivity contribution in [2.45, 2.75) is 46.5 Å². The fraction of sp³-hybridized carbons (Fsp3) is 0.529. The number of pyridine rings is 1. The molecule has 1 unspecified atom stereocenters. The maximum atomic E-state index is 13.1. The fourth-order valence-electron chi connectivity index (χ4n) is 3.44. The normalized spacial score (nSPS) is 19.5. The molecule has 1 atom stereocenters. The number of hydrogen-bond acceptors (Lipinski definition) is 3. The quantitative estimate of drug-likeness (QED) is 0.530. The van der Waals surface area contributed by atoms with Gasteiger partial charge in [-0.3, -0.25) is 0 Å². The van der Waals surface area contributed by atoms with Crippen LogP contribution in [-0.2, 0) is 10.9 Å². The van der Waals surface area contributed by atoms with Crippen molar-refractivity contribution in [3.05, 3.63) is 23.9 Å². The molecule has 3 aromatic heterocycles. The van der Waals surface area contributed by atoms with Crippen molar-refractivity contribution in [3.63, 3.8) is 0 Å². The van der Waals surface area contributed by atoms with Crippen LogP contribution in [0.3, 0.4) is 0 Å². The predicted octanol–water partition coefficient (Wildman–Crippen LogP) is 3.95. The zero-order chi connectivity index (χ0) is 18.7. The second-order valence-electron chi connectivity index (χ2n) is 7.81. The molecule has 140 valence electrons. The number of aromatic nitrogens is 4. The van der Waals surface area contributed by atoms with E-state index in [0.717, 1.165) is 40.6 Å². The molecule has 0 N–H and O–H groups in total. The third-order valence-corrected chi connectivity index (χ3v) is 9.79. The fourth-order valence-corrected chi connectivity index (χ4v) is 7.43. The molecule has 0 aromatic carbocycles. The van der Waals surface area contributed by atoms with Gasteiger partial charge in [-0.15, -0.1) is 0 Å². The van der Waals surface area contributed by atoms with Gasteiger partial charge in [0.1, 0.15) is 0 Å². The van der Waals surface area contributed by atoms with Crippen molar-refractivity contribution < 1.29 is 17.9 Å². The summed E-state index contributed by atoms with van der Waals surface area (Å²) in [6.45, 7) is 0.672.